The van der Waals surface area contributed by atoms with E-state index in [4.69, 9.17) is 23.2 Å². The third-order valence-electron chi connectivity index (χ3n) is 2.21. The minimum atomic E-state index is -0.780. The van der Waals surface area contributed by atoms with E-state index >= 15 is 0 Å². The molecular formula is C12H8Cl2N4O2. The lowest BCUT2D eigenvalue weighted by atomic mass is 10.2. The van der Waals surface area contributed by atoms with Crippen LogP contribution in [0.3, 0.4) is 0 Å². The molecule has 0 aliphatic carbocycles. The van der Waals surface area contributed by atoms with Crippen LogP contribution in [-0.2, 0) is 0 Å². The summed E-state index contributed by atoms with van der Waals surface area (Å²) in [6, 6.07) is 5.41. The number of halogens is 2. The summed E-state index contributed by atoms with van der Waals surface area (Å²) in [5, 5.41) is 4.69. The van der Waals surface area contributed by atoms with Gasteiger partial charge in [-0.1, -0.05) is 29.3 Å². The number of aromatic nitrogens is 2. The second-order valence-electron chi connectivity index (χ2n) is 3.58. The molecule has 20 heavy (non-hydrogen) atoms. The van der Waals surface area contributed by atoms with Crippen molar-refractivity contribution in [1.29, 1.82) is 0 Å². The van der Waals surface area contributed by atoms with Gasteiger partial charge in [0.2, 0.25) is 5.95 Å². The number of carbonyl (C=O) groups excluding carboxylic acids is 2. The van der Waals surface area contributed by atoms with E-state index in [2.05, 4.69) is 20.6 Å². The lowest BCUT2D eigenvalue weighted by molar-refractivity contribution is 0.0967. The molecule has 0 aliphatic rings. The molecule has 0 saturated carbocycles. The Morgan fingerprint density at radius 1 is 1.00 bits per heavy atom. The highest BCUT2D eigenvalue weighted by molar-refractivity contribution is 6.40. The molecule has 1 aromatic carbocycles. The van der Waals surface area contributed by atoms with Gasteiger partial charge in [-0.3, -0.25) is 15.4 Å². The predicted molar refractivity (Wildman–Crippen MR) is 75.0 cm³/mol. The molecule has 2 N–H and O–H groups in total. The van der Waals surface area contributed by atoms with E-state index in [-0.39, 0.29) is 21.6 Å². The Hall–Kier alpha value is -2.18. The summed E-state index contributed by atoms with van der Waals surface area (Å²) in [7, 11) is 0. The summed E-state index contributed by atoms with van der Waals surface area (Å²) in [5.74, 6) is -0.642. The third-order valence-corrected chi connectivity index (χ3v) is 2.84. The number of nitrogens with one attached hydrogen (secondary N) is 2. The van der Waals surface area contributed by atoms with Gasteiger partial charge in [0.05, 0.1) is 15.6 Å². The van der Waals surface area contributed by atoms with Crippen molar-refractivity contribution in [3.8, 4) is 0 Å². The van der Waals surface area contributed by atoms with Crippen LogP contribution in [0.1, 0.15) is 10.4 Å². The van der Waals surface area contributed by atoms with Crippen LogP contribution in [0.15, 0.2) is 36.7 Å². The molecule has 8 heteroatoms. The number of hydrogen-bond acceptors (Lipinski definition) is 4. The first-order valence-corrected chi connectivity index (χ1v) is 6.17. The Bertz CT molecular complexity index is 629. The highest BCUT2D eigenvalue weighted by Crippen LogP contribution is 2.23. The minimum absolute atomic E-state index is 0.0277. The summed E-state index contributed by atoms with van der Waals surface area (Å²) in [6.45, 7) is 0. The fourth-order valence-corrected chi connectivity index (χ4v) is 1.95. The largest absolute Gasteiger partial charge is 0.328 e. The van der Waals surface area contributed by atoms with Crippen LogP contribution in [0.4, 0.5) is 10.7 Å². The SMILES string of the molecule is O=C(NC(=O)c1c(Cl)cccc1Cl)Nc1ncccn1. The fraction of sp³-hybridized carbons (Fsp3) is 0. The molecule has 0 fully saturated rings. The van der Waals surface area contributed by atoms with Gasteiger partial charge in [-0.15, -0.1) is 0 Å². The Morgan fingerprint density at radius 3 is 2.20 bits per heavy atom. The number of urea groups is 1. The minimum Gasteiger partial charge on any atom is -0.276 e. The molecule has 0 aliphatic heterocycles. The molecule has 1 aromatic heterocycles. The molecule has 0 saturated heterocycles. The smallest absolute Gasteiger partial charge is 0.276 e. The van der Waals surface area contributed by atoms with E-state index in [1.54, 1.807) is 12.1 Å². The van der Waals surface area contributed by atoms with Gasteiger partial charge < -0.3 is 0 Å². The van der Waals surface area contributed by atoms with Gasteiger partial charge >= 0.3 is 6.03 Å². The Balaban J connectivity index is 2.07. The van der Waals surface area contributed by atoms with Gasteiger partial charge in [0.15, 0.2) is 0 Å². The van der Waals surface area contributed by atoms with Gasteiger partial charge in [-0.05, 0) is 18.2 Å². The van der Waals surface area contributed by atoms with E-state index in [1.807, 2.05) is 0 Å². The maximum Gasteiger partial charge on any atom is 0.328 e. The highest BCUT2D eigenvalue weighted by Gasteiger charge is 2.17. The van der Waals surface area contributed by atoms with Gasteiger partial charge in [0.1, 0.15) is 0 Å². The van der Waals surface area contributed by atoms with Crippen LogP contribution >= 0.6 is 23.2 Å². The van der Waals surface area contributed by atoms with Gasteiger partial charge in [-0.25, -0.2) is 14.8 Å². The zero-order valence-corrected chi connectivity index (χ0v) is 11.4. The predicted octanol–water partition coefficient (Wildman–Crippen LogP) is 2.75. The second-order valence-corrected chi connectivity index (χ2v) is 4.39. The molecule has 0 atom stereocenters. The lowest BCUT2D eigenvalue weighted by Crippen LogP contribution is -2.35. The molecule has 0 radical (unpaired) electrons. The fourth-order valence-electron chi connectivity index (χ4n) is 1.38. The Morgan fingerprint density at radius 2 is 1.60 bits per heavy atom. The van der Waals surface area contributed by atoms with Crippen LogP contribution in [-0.4, -0.2) is 21.9 Å². The molecule has 6 nitrogen and oxygen atoms in total. The number of anilines is 1. The number of amides is 3. The quantitative estimate of drug-likeness (QED) is 0.893. The van der Waals surface area contributed by atoms with E-state index in [0.717, 1.165) is 0 Å². The Kier molecular flexibility index (Phi) is 4.49. The average Bonchev–Trinajstić information content (AvgIpc) is 2.39. The van der Waals surface area contributed by atoms with Crippen LogP contribution in [0.5, 0.6) is 0 Å². The molecule has 2 rings (SSSR count). The zero-order chi connectivity index (χ0) is 14.5. The van der Waals surface area contributed by atoms with Crippen LogP contribution < -0.4 is 10.6 Å². The summed E-state index contributed by atoms with van der Waals surface area (Å²) < 4.78 is 0. The zero-order valence-electron chi connectivity index (χ0n) is 9.93. The summed E-state index contributed by atoms with van der Waals surface area (Å²) in [5.41, 5.74) is 0.0277. The number of carbonyl (C=O) groups is 2. The molecule has 0 unspecified atom stereocenters. The van der Waals surface area contributed by atoms with Gasteiger partial charge in [0.25, 0.3) is 5.91 Å². The highest BCUT2D eigenvalue weighted by atomic mass is 35.5. The van der Waals surface area contributed by atoms with Crippen molar-refractivity contribution in [1.82, 2.24) is 15.3 Å². The molecule has 102 valence electrons. The van der Waals surface area contributed by atoms with Crippen molar-refractivity contribution in [3.63, 3.8) is 0 Å². The molecule has 1 heterocycles. The van der Waals surface area contributed by atoms with Crippen molar-refractivity contribution in [2.45, 2.75) is 0 Å². The average molecular weight is 311 g/mol. The number of hydrogen-bond donors (Lipinski definition) is 2. The topological polar surface area (TPSA) is 84.0 Å². The van der Waals surface area contributed by atoms with Crippen LogP contribution in [0.25, 0.3) is 0 Å². The normalized spacial score (nSPS) is 9.90. The van der Waals surface area contributed by atoms with E-state index < -0.39 is 11.9 Å². The number of rotatable bonds is 2. The summed E-state index contributed by atoms with van der Waals surface area (Å²) in [4.78, 5) is 31.1. The van der Waals surface area contributed by atoms with Crippen molar-refractivity contribution in [2.24, 2.45) is 0 Å². The molecule has 2 aromatic rings. The summed E-state index contributed by atoms with van der Waals surface area (Å²) in [6.07, 6.45) is 2.91. The monoisotopic (exact) mass is 310 g/mol. The molecule has 0 bridgehead atoms. The standard InChI is InChI=1S/C12H8Cl2N4O2/c13-7-3-1-4-8(14)9(7)10(19)17-12(20)18-11-15-5-2-6-16-11/h1-6H,(H2,15,16,17,18,19,20). The first-order chi connectivity index (χ1) is 9.58. The van der Waals surface area contributed by atoms with Crippen molar-refractivity contribution >= 4 is 41.1 Å². The number of imide groups is 1. The van der Waals surface area contributed by atoms with Crippen LogP contribution in [0, 0.1) is 0 Å². The van der Waals surface area contributed by atoms with E-state index in [0.29, 0.717) is 0 Å². The maximum absolute atomic E-state index is 11.9. The van der Waals surface area contributed by atoms with E-state index in [1.165, 1.54) is 24.5 Å². The van der Waals surface area contributed by atoms with Crippen molar-refractivity contribution in [3.05, 3.63) is 52.3 Å². The molecule has 0 spiro atoms. The molecule has 3 amide bonds. The van der Waals surface area contributed by atoms with Crippen LogP contribution in [0.2, 0.25) is 10.0 Å². The Labute approximate surface area is 124 Å². The first-order valence-electron chi connectivity index (χ1n) is 5.41. The number of nitrogens with zero attached hydrogens (tertiary/aromatic N) is 2. The lowest BCUT2D eigenvalue weighted by Gasteiger charge is -2.07. The third kappa shape index (κ3) is 3.43. The van der Waals surface area contributed by atoms with E-state index in [9.17, 15) is 9.59 Å². The van der Waals surface area contributed by atoms with Crippen molar-refractivity contribution in [2.75, 3.05) is 5.32 Å². The van der Waals surface area contributed by atoms with Gasteiger partial charge in [-0.2, -0.15) is 0 Å². The maximum atomic E-state index is 11.9. The first kappa shape index (κ1) is 14.2. The van der Waals surface area contributed by atoms with Crippen molar-refractivity contribution < 1.29 is 9.59 Å². The number of benzene rings is 1. The second kappa shape index (κ2) is 6.31. The molecular weight excluding hydrogens is 303 g/mol. The summed E-state index contributed by atoms with van der Waals surface area (Å²) >= 11 is 11.7. The van der Waals surface area contributed by atoms with Gasteiger partial charge in [0, 0.05) is 12.4 Å².